The molecule has 260 valence electrons. The first-order valence-electron chi connectivity index (χ1n) is 17.2. The second kappa shape index (κ2) is 14.2. The second-order valence-corrected chi connectivity index (χ2v) is 18.4. The Hall–Kier alpha value is -3.16. The molecule has 0 radical (unpaired) electrons. The molecule has 0 fully saturated rings. The number of hydrogen-bond donors (Lipinski definition) is 0. The highest BCUT2D eigenvalue weighted by Gasteiger charge is 2.23. The summed E-state index contributed by atoms with van der Waals surface area (Å²) < 4.78 is 25.0. The lowest BCUT2D eigenvalue weighted by molar-refractivity contribution is 0.314. The molecule has 0 spiro atoms. The Morgan fingerprint density at radius 1 is 0.429 bits per heavy atom. The van der Waals surface area contributed by atoms with Crippen LogP contribution in [0.5, 0.6) is 17.2 Å². The van der Waals surface area contributed by atoms with E-state index in [1.54, 1.807) is 0 Å². The van der Waals surface area contributed by atoms with Gasteiger partial charge in [0.25, 0.3) is 9.03 Å². The van der Waals surface area contributed by atoms with Gasteiger partial charge in [0.15, 0.2) is 0 Å². The Morgan fingerprint density at radius 2 is 0.878 bits per heavy atom. The van der Waals surface area contributed by atoms with Gasteiger partial charge < -0.3 is 18.1 Å². The molecule has 4 nitrogen and oxygen atoms in total. The first-order chi connectivity index (χ1) is 22.8. The Kier molecular flexibility index (Phi) is 10.8. The smallest absolute Gasteiger partial charge is 0.275 e. The largest absolute Gasteiger partial charge is 0.449 e. The van der Waals surface area contributed by atoms with Gasteiger partial charge in [-0.3, -0.25) is 0 Å². The van der Waals surface area contributed by atoms with Crippen molar-refractivity contribution in [3.05, 3.63) is 113 Å². The van der Waals surface area contributed by atoms with Gasteiger partial charge in [0, 0.05) is 16.7 Å². The van der Waals surface area contributed by atoms with Crippen LogP contribution in [0.15, 0.2) is 84.9 Å². The van der Waals surface area contributed by atoms with E-state index in [4.69, 9.17) is 18.1 Å². The molecule has 49 heavy (non-hydrogen) atoms. The van der Waals surface area contributed by atoms with Crippen molar-refractivity contribution in [2.24, 2.45) is 0 Å². The zero-order valence-corrected chi connectivity index (χ0v) is 33.4. The molecule has 6 heteroatoms. The van der Waals surface area contributed by atoms with Gasteiger partial charge in [-0.25, -0.2) is 0 Å². The molecule has 0 aliphatic heterocycles. The lowest BCUT2D eigenvalue weighted by atomic mass is 9.82. The summed E-state index contributed by atoms with van der Waals surface area (Å²) in [5, 5.41) is 4.78. The van der Waals surface area contributed by atoms with Crippen molar-refractivity contribution in [2.75, 3.05) is 0 Å². The summed E-state index contributed by atoms with van der Waals surface area (Å²) in [6.07, 6.45) is 0. The van der Waals surface area contributed by atoms with E-state index in [2.05, 4.69) is 144 Å². The molecule has 5 rings (SSSR count). The van der Waals surface area contributed by atoms with E-state index in [9.17, 15) is 0 Å². The highest BCUT2D eigenvalue weighted by Crippen LogP contribution is 2.41. The quantitative estimate of drug-likeness (QED) is 0.114. The number of hydrogen-bond acceptors (Lipinski definition) is 4. The summed E-state index contributed by atoms with van der Waals surface area (Å²) in [4.78, 5) is 0. The van der Waals surface area contributed by atoms with E-state index in [1.807, 2.05) is 24.3 Å². The summed E-state index contributed by atoms with van der Waals surface area (Å²) >= 11 is 0. The summed E-state index contributed by atoms with van der Waals surface area (Å²) in [7, 11) is -0.366. The monoisotopic (exact) mass is 696 g/mol. The van der Waals surface area contributed by atoms with Crippen molar-refractivity contribution in [1.82, 2.24) is 0 Å². The molecule has 0 aliphatic rings. The third kappa shape index (κ3) is 9.15. The summed E-state index contributed by atoms with van der Waals surface area (Å²) in [5.41, 5.74) is 5.94. The SMILES string of the molecule is CC(C)(C)c1ccc2cc(OPOCc3ccccc3OPOc3cc4ccc(C(C)(C)C)cc4cc3C(C)(C)C)c(C(C)(C)C)cc2c1. The minimum atomic E-state index is -0.206. The molecule has 0 saturated carbocycles. The maximum absolute atomic E-state index is 6.36. The van der Waals surface area contributed by atoms with Crippen molar-refractivity contribution >= 4 is 39.6 Å². The standard InChI is InChI=1S/C43H54O4P2/c1-40(2,3)33-19-17-28-25-38(35(42(7,8)9)23-31(28)21-33)46-48-44-27-30-15-13-14-16-37(30)45-49-47-39-26-29-18-20-34(41(4,5)6)22-32(29)24-36(39)43(10,11)12/h13-26,48-49H,27H2,1-12H3. The Balaban J connectivity index is 1.26. The molecule has 2 unspecified atom stereocenters. The van der Waals surface area contributed by atoms with Crippen LogP contribution < -0.4 is 13.6 Å². The van der Waals surface area contributed by atoms with Crippen molar-refractivity contribution in [1.29, 1.82) is 0 Å². The van der Waals surface area contributed by atoms with E-state index in [0.717, 1.165) is 39.1 Å². The van der Waals surface area contributed by atoms with E-state index in [-0.39, 0.29) is 39.7 Å². The molecular formula is C43H54O4P2. The molecule has 0 saturated heterocycles. The fourth-order valence-electron chi connectivity index (χ4n) is 5.84. The number of rotatable bonds is 9. The topological polar surface area (TPSA) is 36.9 Å². The van der Waals surface area contributed by atoms with Crippen molar-refractivity contribution in [3.63, 3.8) is 0 Å². The average molecular weight is 697 g/mol. The minimum Gasteiger partial charge on any atom is -0.449 e. The molecule has 2 atom stereocenters. The zero-order chi connectivity index (χ0) is 35.8. The minimum absolute atomic E-state index is 0.0830. The van der Waals surface area contributed by atoms with Gasteiger partial charge in [-0.1, -0.05) is 138 Å². The van der Waals surface area contributed by atoms with Crippen LogP contribution in [0.4, 0.5) is 0 Å². The lowest BCUT2D eigenvalue weighted by Crippen LogP contribution is -2.13. The molecule has 5 aromatic carbocycles. The molecule has 0 bridgehead atoms. The van der Waals surface area contributed by atoms with Crippen LogP contribution in [0.1, 0.15) is 111 Å². The highest BCUT2D eigenvalue weighted by atomic mass is 31.1. The van der Waals surface area contributed by atoms with Crippen LogP contribution in [-0.2, 0) is 32.8 Å². The Morgan fingerprint density at radius 3 is 1.35 bits per heavy atom. The Labute approximate surface area is 298 Å². The van der Waals surface area contributed by atoms with Crippen LogP contribution in [0, 0.1) is 0 Å². The number of fused-ring (bicyclic) bond motifs is 2. The molecule has 0 heterocycles. The molecule has 0 amide bonds. The van der Waals surface area contributed by atoms with Gasteiger partial charge in [-0.15, -0.1) is 0 Å². The third-order valence-corrected chi connectivity index (χ3v) is 10.1. The van der Waals surface area contributed by atoms with Gasteiger partial charge in [-0.05, 0) is 84.7 Å². The first kappa shape index (κ1) is 37.1. The first-order valence-corrected chi connectivity index (χ1v) is 18.8. The van der Waals surface area contributed by atoms with Crippen LogP contribution in [-0.4, -0.2) is 0 Å². The maximum atomic E-state index is 6.36. The Bertz CT molecular complexity index is 1940. The second-order valence-electron chi connectivity index (χ2n) is 17.2. The molecule has 0 aliphatic carbocycles. The third-order valence-electron chi connectivity index (χ3n) is 8.94. The van der Waals surface area contributed by atoms with Gasteiger partial charge in [0.05, 0.1) is 6.61 Å². The van der Waals surface area contributed by atoms with Crippen LogP contribution in [0.25, 0.3) is 21.5 Å². The summed E-state index contributed by atoms with van der Waals surface area (Å²) in [6.45, 7) is 27.2. The summed E-state index contributed by atoms with van der Waals surface area (Å²) in [6, 6.07) is 30.2. The van der Waals surface area contributed by atoms with E-state index in [0.29, 0.717) is 6.61 Å². The van der Waals surface area contributed by atoms with Gasteiger partial charge in [-0.2, -0.15) is 0 Å². The van der Waals surface area contributed by atoms with Crippen LogP contribution >= 0.6 is 18.1 Å². The molecule has 5 aromatic rings. The van der Waals surface area contributed by atoms with Crippen LogP contribution in [0.2, 0.25) is 0 Å². The van der Waals surface area contributed by atoms with Gasteiger partial charge >= 0.3 is 0 Å². The predicted octanol–water partition coefficient (Wildman–Crippen LogP) is 13.3. The fraction of sp³-hybridized carbons (Fsp3) is 0.395. The van der Waals surface area contributed by atoms with Crippen molar-refractivity contribution in [3.8, 4) is 17.2 Å². The lowest BCUT2D eigenvalue weighted by Gasteiger charge is -2.25. The number of para-hydroxylation sites is 1. The average Bonchev–Trinajstić information content (AvgIpc) is 3.00. The van der Waals surface area contributed by atoms with Crippen molar-refractivity contribution in [2.45, 2.75) is 111 Å². The van der Waals surface area contributed by atoms with Crippen LogP contribution in [0.3, 0.4) is 0 Å². The van der Waals surface area contributed by atoms with E-state index in [1.165, 1.54) is 27.5 Å². The molecular weight excluding hydrogens is 642 g/mol. The summed E-state index contributed by atoms with van der Waals surface area (Å²) in [5.74, 6) is 2.46. The van der Waals surface area contributed by atoms with E-state index >= 15 is 0 Å². The zero-order valence-electron chi connectivity index (χ0n) is 31.4. The predicted molar refractivity (Wildman–Crippen MR) is 212 cm³/mol. The maximum Gasteiger partial charge on any atom is 0.275 e. The number of benzene rings is 5. The van der Waals surface area contributed by atoms with Gasteiger partial charge in [0.1, 0.15) is 17.2 Å². The fourth-order valence-corrected chi connectivity index (χ4v) is 6.96. The normalized spacial score (nSPS) is 13.3. The molecule has 0 N–H and O–H groups in total. The van der Waals surface area contributed by atoms with E-state index < -0.39 is 0 Å². The molecule has 0 aromatic heterocycles. The highest BCUT2D eigenvalue weighted by molar-refractivity contribution is 7.27. The van der Waals surface area contributed by atoms with Crippen molar-refractivity contribution < 1.29 is 18.1 Å². The van der Waals surface area contributed by atoms with Gasteiger partial charge in [0.2, 0.25) is 9.03 Å².